The second-order valence-electron chi connectivity index (χ2n) is 5.61. The molecular weight excluding hydrogens is 242 g/mol. The van der Waals surface area contributed by atoms with Crippen LogP contribution in [0.15, 0.2) is 0 Å². The SMILES string of the molecule is CCC(=O)N1CCC(N(C)CC(=O)N2CCC2)CC1. The highest BCUT2D eigenvalue weighted by molar-refractivity contribution is 5.79. The third-order valence-electron chi connectivity index (χ3n) is 4.34. The molecular formula is C14H25N3O2. The zero-order chi connectivity index (χ0) is 13.8. The van der Waals surface area contributed by atoms with E-state index in [4.69, 9.17) is 0 Å². The molecule has 2 fully saturated rings. The lowest BCUT2D eigenvalue weighted by molar-refractivity contribution is -0.137. The molecule has 0 aliphatic carbocycles. The summed E-state index contributed by atoms with van der Waals surface area (Å²) in [6, 6.07) is 0.436. The highest BCUT2D eigenvalue weighted by atomic mass is 16.2. The number of hydrogen-bond acceptors (Lipinski definition) is 3. The Morgan fingerprint density at radius 3 is 2.11 bits per heavy atom. The molecule has 2 rings (SSSR count). The second kappa shape index (κ2) is 6.37. The summed E-state index contributed by atoms with van der Waals surface area (Å²) in [7, 11) is 2.03. The molecule has 0 bridgehead atoms. The monoisotopic (exact) mass is 267 g/mol. The normalized spacial score (nSPS) is 20.6. The summed E-state index contributed by atoms with van der Waals surface area (Å²) in [4.78, 5) is 29.6. The van der Waals surface area contributed by atoms with Crippen molar-refractivity contribution >= 4 is 11.8 Å². The zero-order valence-electron chi connectivity index (χ0n) is 12.1. The number of nitrogens with zero attached hydrogens (tertiary/aromatic N) is 3. The number of piperidine rings is 1. The third-order valence-corrected chi connectivity index (χ3v) is 4.34. The molecule has 0 aromatic carbocycles. The second-order valence-corrected chi connectivity index (χ2v) is 5.61. The molecule has 2 saturated heterocycles. The fourth-order valence-electron chi connectivity index (χ4n) is 2.79. The van der Waals surface area contributed by atoms with Gasteiger partial charge in [0, 0.05) is 38.6 Å². The summed E-state index contributed by atoms with van der Waals surface area (Å²) < 4.78 is 0. The van der Waals surface area contributed by atoms with Crippen molar-refractivity contribution in [2.45, 2.75) is 38.6 Å². The van der Waals surface area contributed by atoms with E-state index in [1.807, 2.05) is 23.8 Å². The van der Waals surface area contributed by atoms with Crippen molar-refractivity contribution in [2.24, 2.45) is 0 Å². The first-order chi connectivity index (χ1) is 9.11. The Hall–Kier alpha value is -1.10. The molecule has 2 amide bonds. The van der Waals surface area contributed by atoms with Crippen LogP contribution in [0.3, 0.4) is 0 Å². The van der Waals surface area contributed by atoms with Gasteiger partial charge in [-0.2, -0.15) is 0 Å². The van der Waals surface area contributed by atoms with Crippen molar-refractivity contribution < 1.29 is 9.59 Å². The van der Waals surface area contributed by atoms with Crippen LogP contribution in [-0.4, -0.2) is 72.3 Å². The molecule has 2 aliphatic heterocycles. The third kappa shape index (κ3) is 3.47. The maximum Gasteiger partial charge on any atom is 0.236 e. The van der Waals surface area contributed by atoms with Crippen molar-refractivity contribution in [3.05, 3.63) is 0 Å². The van der Waals surface area contributed by atoms with Gasteiger partial charge in [-0.1, -0.05) is 6.92 Å². The molecule has 0 aromatic heterocycles. The lowest BCUT2D eigenvalue weighted by Gasteiger charge is -2.38. The van der Waals surface area contributed by atoms with Crippen molar-refractivity contribution in [1.29, 1.82) is 0 Å². The molecule has 0 unspecified atom stereocenters. The molecule has 19 heavy (non-hydrogen) atoms. The predicted octanol–water partition coefficient (Wildman–Crippen LogP) is 0.552. The van der Waals surface area contributed by atoms with Gasteiger partial charge < -0.3 is 9.80 Å². The smallest absolute Gasteiger partial charge is 0.236 e. The van der Waals surface area contributed by atoms with Crippen LogP contribution in [0.5, 0.6) is 0 Å². The summed E-state index contributed by atoms with van der Waals surface area (Å²) in [6.07, 6.45) is 3.70. The van der Waals surface area contributed by atoms with Gasteiger partial charge in [-0.3, -0.25) is 14.5 Å². The van der Waals surface area contributed by atoms with Crippen LogP contribution in [0, 0.1) is 0 Å². The van der Waals surface area contributed by atoms with Crippen LogP contribution in [0.1, 0.15) is 32.6 Å². The van der Waals surface area contributed by atoms with Crippen LogP contribution < -0.4 is 0 Å². The number of amides is 2. The van der Waals surface area contributed by atoms with E-state index in [1.165, 1.54) is 0 Å². The van der Waals surface area contributed by atoms with Gasteiger partial charge in [0.2, 0.25) is 11.8 Å². The first-order valence-corrected chi connectivity index (χ1v) is 7.37. The molecule has 2 heterocycles. The van der Waals surface area contributed by atoms with Gasteiger partial charge in [-0.05, 0) is 26.3 Å². The minimum absolute atomic E-state index is 0.248. The lowest BCUT2D eigenvalue weighted by atomic mass is 10.0. The molecule has 0 radical (unpaired) electrons. The van der Waals surface area contributed by atoms with Crippen molar-refractivity contribution in [3.8, 4) is 0 Å². The average molecular weight is 267 g/mol. The molecule has 2 aliphatic rings. The Morgan fingerprint density at radius 2 is 1.63 bits per heavy atom. The maximum absolute atomic E-state index is 11.9. The van der Waals surface area contributed by atoms with Gasteiger partial charge in [0.05, 0.1) is 6.54 Å². The van der Waals surface area contributed by atoms with Gasteiger partial charge in [0.1, 0.15) is 0 Å². The van der Waals surface area contributed by atoms with E-state index in [-0.39, 0.29) is 11.8 Å². The first-order valence-electron chi connectivity index (χ1n) is 7.37. The molecule has 108 valence electrons. The largest absolute Gasteiger partial charge is 0.343 e. The lowest BCUT2D eigenvalue weighted by Crippen LogP contribution is -2.50. The van der Waals surface area contributed by atoms with Gasteiger partial charge in [-0.25, -0.2) is 0 Å². The van der Waals surface area contributed by atoms with E-state index in [9.17, 15) is 9.59 Å². The zero-order valence-corrected chi connectivity index (χ0v) is 12.1. The molecule has 0 spiro atoms. The topological polar surface area (TPSA) is 43.9 Å². The molecule has 0 atom stereocenters. The van der Waals surface area contributed by atoms with Crippen LogP contribution in [0.25, 0.3) is 0 Å². The minimum Gasteiger partial charge on any atom is -0.343 e. The average Bonchev–Trinajstić information content (AvgIpc) is 2.35. The van der Waals surface area contributed by atoms with Crippen LogP contribution in [0.4, 0.5) is 0 Å². The molecule has 0 aromatic rings. The highest BCUT2D eigenvalue weighted by Gasteiger charge is 2.27. The molecule has 5 nitrogen and oxygen atoms in total. The van der Waals surface area contributed by atoms with Crippen molar-refractivity contribution in [2.75, 3.05) is 39.8 Å². The summed E-state index contributed by atoms with van der Waals surface area (Å²) in [6.45, 7) is 5.95. The van der Waals surface area contributed by atoms with Crippen molar-refractivity contribution in [3.63, 3.8) is 0 Å². The number of likely N-dealkylation sites (N-methyl/N-ethyl adjacent to an activating group) is 1. The van der Waals surface area contributed by atoms with E-state index in [2.05, 4.69) is 4.90 Å². The van der Waals surface area contributed by atoms with E-state index < -0.39 is 0 Å². The minimum atomic E-state index is 0.248. The molecule has 5 heteroatoms. The summed E-state index contributed by atoms with van der Waals surface area (Å²) in [5.41, 5.74) is 0. The van der Waals surface area contributed by atoms with Crippen molar-refractivity contribution in [1.82, 2.24) is 14.7 Å². The summed E-state index contributed by atoms with van der Waals surface area (Å²) >= 11 is 0. The fourth-order valence-corrected chi connectivity index (χ4v) is 2.79. The summed E-state index contributed by atoms with van der Waals surface area (Å²) in [5, 5.41) is 0. The van der Waals surface area contributed by atoms with Crippen LogP contribution in [0.2, 0.25) is 0 Å². The van der Waals surface area contributed by atoms with Crippen LogP contribution >= 0.6 is 0 Å². The summed E-state index contributed by atoms with van der Waals surface area (Å²) in [5.74, 6) is 0.499. The van der Waals surface area contributed by atoms with Gasteiger partial charge >= 0.3 is 0 Å². The van der Waals surface area contributed by atoms with Gasteiger partial charge in [0.25, 0.3) is 0 Å². The van der Waals surface area contributed by atoms with E-state index in [1.54, 1.807) is 0 Å². The highest BCUT2D eigenvalue weighted by Crippen LogP contribution is 2.16. The maximum atomic E-state index is 11.9. The predicted molar refractivity (Wildman–Crippen MR) is 73.7 cm³/mol. The Balaban J connectivity index is 1.74. The fraction of sp³-hybridized carbons (Fsp3) is 0.857. The van der Waals surface area contributed by atoms with E-state index in [0.29, 0.717) is 19.0 Å². The van der Waals surface area contributed by atoms with E-state index >= 15 is 0 Å². The number of carbonyl (C=O) groups is 2. The Bertz CT molecular complexity index is 334. The van der Waals surface area contributed by atoms with Crippen LogP contribution in [-0.2, 0) is 9.59 Å². The van der Waals surface area contributed by atoms with Gasteiger partial charge in [0.15, 0.2) is 0 Å². The number of carbonyl (C=O) groups excluding carboxylic acids is 2. The Morgan fingerprint density at radius 1 is 1.05 bits per heavy atom. The quantitative estimate of drug-likeness (QED) is 0.747. The first kappa shape index (κ1) is 14.3. The Kier molecular flexibility index (Phi) is 4.80. The van der Waals surface area contributed by atoms with Gasteiger partial charge in [-0.15, -0.1) is 0 Å². The standard InChI is InChI=1S/C14H25N3O2/c1-3-13(18)17-9-5-12(6-10-17)15(2)11-14(19)16-7-4-8-16/h12H,3-11H2,1-2H3. The number of rotatable bonds is 4. The Labute approximate surface area is 115 Å². The molecule has 0 N–H and O–H groups in total. The number of hydrogen-bond donors (Lipinski definition) is 0. The molecule has 0 saturated carbocycles. The number of likely N-dealkylation sites (tertiary alicyclic amines) is 2. The van der Waals surface area contributed by atoms with E-state index in [0.717, 1.165) is 45.4 Å².